The van der Waals surface area contributed by atoms with E-state index in [-0.39, 0.29) is 12.0 Å². The van der Waals surface area contributed by atoms with Gasteiger partial charge in [0.05, 0.1) is 17.8 Å². The number of aromatic nitrogens is 1. The Morgan fingerprint density at radius 2 is 2.00 bits per heavy atom. The lowest BCUT2D eigenvalue weighted by atomic mass is 9.74. The van der Waals surface area contributed by atoms with Crippen molar-refractivity contribution in [2.45, 2.75) is 32.1 Å². The monoisotopic (exact) mass is 285 g/mol. The van der Waals surface area contributed by atoms with Gasteiger partial charge in [0.15, 0.2) is 0 Å². The first kappa shape index (κ1) is 14.1. The first-order chi connectivity index (χ1) is 10.2. The lowest BCUT2D eigenvalue weighted by Gasteiger charge is -2.36. The van der Waals surface area contributed by atoms with Gasteiger partial charge in [-0.3, -0.25) is 4.98 Å². The maximum atomic E-state index is 9.80. The van der Waals surface area contributed by atoms with Crippen molar-refractivity contribution >= 4 is 22.3 Å². The van der Waals surface area contributed by atoms with Crippen LogP contribution in [-0.4, -0.2) is 23.2 Å². The number of benzene rings is 1. The van der Waals surface area contributed by atoms with Crippen LogP contribution < -0.4 is 11.1 Å². The van der Waals surface area contributed by atoms with E-state index in [0.717, 1.165) is 36.0 Å². The fourth-order valence-corrected chi connectivity index (χ4v) is 3.33. The van der Waals surface area contributed by atoms with Gasteiger partial charge in [0.1, 0.15) is 0 Å². The summed E-state index contributed by atoms with van der Waals surface area (Å²) in [5, 5.41) is 14.4. The number of hydrogen-bond acceptors (Lipinski definition) is 4. The Hall–Kier alpha value is -1.81. The molecule has 1 aromatic carbocycles. The Morgan fingerprint density at radius 3 is 2.76 bits per heavy atom. The van der Waals surface area contributed by atoms with Crippen molar-refractivity contribution in [3.63, 3.8) is 0 Å². The van der Waals surface area contributed by atoms with E-state index in [1.807, 2.05) is 24.3 Å². The molecule has 0 amide bonds. The van der Waals surface area contributed by atoms with Crippen molar-refractivity contribution in [1.82, 2.24) is 4.98 Å². The molecule has 112 valence electrons. The number of anilines is 2. The maximum absolute atomic E-state index is 9.80. The standard InChI is InChI=1S/C17H23N3O/c18-14-6-4-5-13-15(7-10-19-16(13)14)20-11-17(12-21)8-2-1-3-9-17/h4-7,10,21H,1-3,8-9,11-12,18H2,(H,19,20). The average Bonchev–Trinajstić information content (AvgIpc) is 2.54. The van der Waals surface area contributed by atoms with E-state index >= 15 is 0 Å². The molecule has 4 nitrogen and oxygen atoms in total. The normalized spacial score (nSPS) is 17.8. The topological polar surface area (TPSA) is 71.2 Å². The number of fused-ring (bicyclic) bond motifs is 1. The van der Waals surface area contributed by atoms with Crippen molar-refractivity contribution in [2.24, 2.45) is 5.41 Å². The van der Waals surface area contributed by atoms with E-state index < -0.39 is 0 Å². The SMILES string of the molecule is Nc1cccc2c(NCC3(CO)CCCCC3)ccnc12. The van der Waals surface area contributed by atoms with Crippen molar-refractivity contribution < 1.29 is 5.11 Å². The fourth-order valence-electron chi connectivity index (χ4n) is 3.33. The summed E-state index contributed by atoms with van der Waals surface area (Å²) < 4.78 is 0. The molecule has 0 atom stereocenters. The lowest BCUT2D eigenvalue weighted by molar-refractivity contribution is 0.0944. The van der Waals surface area contributed by atoms with Crippen LogP contribution in [0.2, 0.25) is 0 Å². The molecule has 2 aromatic rings. The highest BCUT2D eigenvalue weighted by molar-refractivity contribution is 5.97. The first-order valence-electron chi connectivity index (χ1n) is 7.72. The number of para-hydroxylation sites is 1. The zero-order valence-corrected chi connectivity index (χ0v) is 12.3. The predicted molar refractivity (Wildman–Crippen MR) is 87.2 cm³/mol. The summed E-state index contributed by atoms with van der Waals surface area (Å²) in [7, 11) is 0. The van der Waals surface area contributed by atoms with Gasteiger partial charge in [-0.1, -0.05) is 31.4 Å². The quantitative estimate of drug-likeness (QED) is 0.755. The number of nitrogens with two attached hydrogens (primary N) is 1. The van der Waals surface area contributed by atoms with Gasteiger partial charge in [-0.15, -0.1) is 0 Å². The molecular formula is C17H23N3O. The molecule has 4 heteroatoms. The van der Waals surface area contributed by atoms with Crippen LogP contribution in [0.25, 0.3) is 10.9 Å². The highest BCUT2D eigenvalue weighted by atomic mass is 16.3. The average molecular weight is 285 g/mol. The second-order valence-corrected chi connectivity index (χ2v) is 6.17. The molecule has 1 aromatic heterocycles. The van der Waals surface area contributed by atoms with Crippen LogP contribution >= 0.6 is 0 Å². The highest BCUT2D eigenvalue weighted by Gasteiger charge is 2.31. The van der Waals surface area contributed by atoms with Gasteiger partial charge in [-0.2, -0.15) is 0 Å². The van der Waals surface area contributed by atoms with E-state index in [0.29, 0.717) is 5.69 Å². The van der Waals surface area contributed by atoms with E-state index in [9.17, 15) is 5.11 Å². The van der Waals surface area contributed by atoms with E-state index in [4.69, 9.17) is 5.73 Å². The van der Waals surface area contributed by atoms with Crippen molar-refractivity contribution in [3.05, 3.63) is 30.5 Å². The molecule has 1 aliphatic rings. The first-order valence-corrected chi connectivity index (χ1v) is 7.72. The molecule has 0 spiro atoms. The molecule has 1 aliphatic carbocycles. The molecule has 0 saturated heterocycles. The third kappa shape index (κ3) is 2.81. The summed E-state index contributed by atoms with van der Waals surface area (Å²) >= 11 is 0. The van der Waals surface area contributed by atoms with Gasteiger partial charge < -0.3 is 16.2 Å². The lowest BCUT2D eigenvalue weighted by Crippen LogP contribution is -2.35. The van der Waals surface area contributed by atoms with Gasteiger partial charge in [0, 0.05) is 29.2 Å². The van der Waals surface area contributed by atoms with Crippen LogP contribution in [0, 0.1) is 5.41 Å². The molecule has 0 radical (unpaired) electrons. The number of nitrogen functional groups attached to an aromatic ring is 1. The number of aliphatic hydroxyl groups excluding tert-OH is 1. The molecule has 1 fully saturated rings. The van der Waals surface area contributed by atoms with E-state index in [1.165, 1.54) is 19.3 Å². The number of nitrogens with zero attached hydrogens (tertiary/aromatic N) is 1. The number of hydrogen-bond donors (Lipinski definition) is 3. The van der Waals surface area contributed by atoms with Gasteiger partial charge in [0.2, 0.25) is 0 Å². The molecule has 21 heavy (non-hydrogen) atoms. The molecular weight excluding hydrogens is 262 g/mol. The summed E-state index contributed by atoms with van der Waals surface area (Å²) in [6, 6.07) is 7.84. The minimum Gasteiger partial charge on any atom is -0.397 e. The van der Waals surface area contributed by atoms with E-state index in [1.54, 1.807) is 6.20 Å². The van der Waals surface area contributed by atoms with Gasteiger partial charge >= 0.3 is 0 Å². The second kappa shape index (κ2) is 5.90. The molecule has 0 unspecified atom stereocenters. The summed E-state index contributed by atoms with van der Waals surface area (Å²) in [5.41, 5.74) is 8.59. The molecule has 1 saturated carbocycles. The van der Waals surface area contributed by atoms with Crippen molar-refractivity contribution in [2.75, 3.05) is 24.2 Å². The van der Waals surface area contributed by atoms with Crippen LogP contribution in [0.15, 0.2) is 30.5 Å². The third-order valence-electron chi connectivity index (χ3n) is 4.71. The van der Waals surface area contributed by atoms with Crippen LogP contribution in [0.4, 0.5) is 11.4 Å². The highest BCUT2D eigenvalue weighted by Crippen LogP contribution is 2.36. The molecule has 4 N–H and O–H groups in total. The van der Waals surface area contributed by atoms with Gasteiger partial charge in [-0.25, -0.2) is 0 Å². The Labute approximate surface area is 125 Å². The van der Waals surface area contributed by atoms with Gasteiger partial charge in [0.25, 0.3) is 0 Å². The number of pyridine rings is 1. The maximum Gasteiger partial charge on any atom is 0.0951 e. The zero-order chi connectivity index (χ0) is 14.7. The van der Waals surface area contributed by atoms with Crippen molar-refractivity contribution in [3.8, 4) is 0 Å². The Kier molecular flexibility index (Phi) is 3.97. The van der Waals surface area contributed by atoms with Crippen LogP contribution in [-0.2, 0) is 0 Å². The predicted octanol–water partition coefficient (Wildman–Crippen LogP) is 3.17. The van der Waals surface area contributed by atoms with Crippen molar-refractivity contribution in [1.29, 1.82) is 0 Å². The molecule has 1 heterocycles. The van der Waals surface area contributed by atoms with E-state index in [2.05, 4.69) is 10.3 Å². The van der Waals surface area contributed by atoms with Gasteiger partial charge in [-0.05, 0) is 25.0 Å². The summed E-state index contributed by atoms with van der Waals surface area (Å²) in [4.78, 5) is 4.36. The van der Waals surface area contributed by atoms with Crippen LogP contribution in [0.5, 0.6) is 0 Å². The number of nitrogens with one attached hydrogen (secondary N) is 1. The minimum atomic E-state index is 0.0220. The Bertz CT molecular complexity index is 620. The van der Waals surface area contributed by atoms with Crippen LogP contribution in [0.3, 0.4) is 0 Å². The second-order valence-electron chi connectivity index (χ2n) is 6.17. The smallest absolute Gasteiger partial charge is 0.0951 e. The number of aliphatic hydroxyl groups is 1. The number of rotatable bonds is 4. The third-order valence-corrected chi connectivity index (χ3v) is 4.71. The molecule has 3 rings (SSSR count). The zero-order valence-electron chi connectivity index (χ0n) is 12.3. The molecule has 0 bridgehead atoms. The molecule has 0 aliphatic heterocycles. The minimum absolute atomic E-state index is 0.0220. The Morgan fingerprint density at radius 1 is 1.19 bits per heavy atom. The Balaban J connectivity index is 1.83. The summed E-state index contributed by atoms with van der Waals surface area (Å²) in [6.07, 6.45) is 7.70. The summed E-state index contributed by atoms with van der Waals surface area (Å²) in [5.74, 6) is 0. The summed E-state index contributed by atoms with van der Waals surface area (Å²) in [6.45, 7) is 1.06. The van der Waals surface area contributed by atoms with Crippen LogP contribution in [0.1, 0.15) is 32.1 Å². The fraction of sp³-hybridized carbons (Fsp3) is 0.471. The largest absolute Gasteiger partial charge is 0.397 e.